The predicted octanol–water partition coefficient (Wildman–Crippen LogP) is 3.81. The summed E-state index contributed by atoms with van der Waals surface area (Å²) < 4.78 is 10.2. The molecule has 2 aromatic rings. The Hall–Kier alpha value is -3.39. The second-order valence-electron chi connectivity index (χ2n) is 6.40. The second kappa shape index (κ2) is 9.41. The number of amides is 2. The van der Waals surface area contributed by atoms with Crippen LogP contribution in [0.2, 0.25) is 0 Å². The third kappa shape index (κ3) is 5.15. The maximum atomic E-state index is 12.5. The summed E-state index contributed by atoms with van der Waals surface area (Å²) in [7, 11) is 0. The predicted molar refractivity (Wildman–Crippen MR) is 112 cm³/mol. The van der Waals surface area contributed by atoms with Crippen molar-refractivity contribution in [3.63, 3.8) is 0 Å². The smallest absolute Gasteiger partial charge is 0.343 e. The van der Waals surface area contributed by atoms with Gasteiger partial charge < -0.3 is 9.47 Å². The van der Waals surface area contributed by atoms with E-state index >= 15 is 0 Å². The zero-order chi connectivity index (χ0) is 21.7. The highest BCUT2D eigenvalue weighted by Crippen LogP contribution is 2.32. The summed E-state index contributed by atoms with van der Waals surface area (Å²) in [5.74, 6) is -1.41. The number of imide groups is 1. The van der Waals surface area contributed by atoms with Crippen molar-refractivity contribution in [2.24, 2.45) is 0 Å². The quantitative estimate of drug-likeness (QED) is 0.395. The van der Waals surface area contributed by atoms with Crippen molar-refractivity contribution in [1.29, 1.82) is 0 Å². The standard InChI is InChI=1S/C22H19NO6S/c1-3-28-19(24)13-23-20(25)18(30-22(23)27)12-15-5-4-6-17(11-15)29-21(26)16-9-7-14(2)8-10-16/h4-12H,3,13H2,1-2H3/b18-12-. The zero-order valence-electron chi connectivity index (χ0n) is 16.4. The summed E-state index contributed by atoms with van der Waals surface area (Å²) in [5, 5.41) is -0.541. The molecule has 1 saturated heterocycles. The molecule has 1 heterocycles. The molecule has 0 N–H and O–H groups in total. The molecule has 0 bridgehead atoms. The third-order valence-corrected chi connectivity index (χ3v) is 5.03. The molecule has 0 atom stereocenters. The Balaban J connectivity index is 1.72. The highest BCUT2D eigenvalue weighted by Gasteiger charge is 2.36. The minimum absolute atomic E-state index is 0.166. The number of benzene rings is 2. The van der Waals surface area contributed by atoms with Crippen LogP contribution in [-0.4, -0.2) is 41.1 Å². The van der Waals surface area contributed by atoms with Gasteiger partial charge in [0.15, 0.2) is 0 Å². The minimum Gasteiger partial charge on any atom is -0.465 e. The lowest BCUT2D eigenvalue weighted by Gasteiger charge is -2.10. The van der Waals surface area contributed by atoms with E-state index in [0.29, 0.717) is 16.9 Å². The fraction of sp³-hybridized carbons (Fsp3) is 0.182. The van der Waals surface area contributed by atoms with Crippen LogP contribution in [0, 0.1) is 6.92 Å². The van der Waals surface area contributed by atoms with Gasteiger partial charge in [-0.05, 0) is 61.5 Å². The van der Waals surface area contributed by atoms with Gasteiger partial charge in [-0.25, -0.2) is 4.79 Å². The molecule has 0 aliphatic carbocycles. The van der Waals surface area contributed by atoms with Crippen LogP contribution in [-0.2, 0) is 14.3 Å². The van der Waals surface area contributed by atoms with E-state index < -0.39 is 29.6 Å². The van der Waals surface area contributed by atoms with Crippen LogP contribution in [0.5, 0.6) is 5.75 Å². The first-order chi connectivity index (χ1) is 14.4. The number of esters is 2. The molecule has 0 unspecified atom stereocenters. The monoisotopic (exact) mass is 425 g/mol. The lowest BCUT2D eigenvalue weighted by Crippen LogP contribution is -2.34. The number of aryl methyl sites for hydroxylation is 1. The van der Waals surface area contributed by atoms with Crippen LogP contribution >= 0.6 is 11.8 Å². The first-order valence-corrected chi connectivity index (χ1v) is 9.99. The van der Waals surface area contributed by atoms with Crippen LogP contribution in [0.1, 0.15) is 28.4 Å². The van der Waals surface area contributed by atoms with Gasteiger partial charge in [-0.15, -0.1) is 0 Å². The summed E-state index contributed by atoms with van der Waals surface area (Å²) in [6, 6.07) is 13.6. The molecule has 0 saturated carbocycles. The fourth-order valence-electron chi connectivity index (χ4n) is 2.65. The van der Waals surface area contributed by atoms with Gasteiger partial charge >= 0.3 is 11.9 Å². The molecule has 2 aromatic carbocycles. The second-order valence-corrected chi connectivity index (χ2v) is 7.39. The Bertz CT molecular complexity index is 1030. The van der Waals surface area contributed by atoms with Crippen molar-refractivity contribution in [1.82, 2.24) is 4.90 Å². The number of hydrogen-bond acceptors (Lipinski definition) is 7. The van der Waals surface area contributed by atoms with E-state index in [1.807, 2.05) is 19.1 Å². The van der Waals surface area contributed by atoms with E-state index in [9.17, 15) is 19.2 Å². The minimum atomic E-state index is -0.647. The van der Waals surface area contributed by atoms with Gasteiger partial charge in [0, 0.05) is 0 Å². The normalized spacial score (nSPS) is 14.9. The average Bonchev–Trinajstić information content (AvgIpc) is 2.96. The molecule has 7 nitrogen and oxygen atoms in total. The molecule has 8 heteroatoms. The van der Waals surface area contributed by atoms with Gasteiger partial charge in [-0.2, -0.15) is 0 Å². The largest absolute Gasteiger partial charge is 0.465 e. The SMILES string of the molecule is CCOC(=O)CN1C(=O)S/C(=C\c2cccc(OC(=O)c3ccc(C)cc3)c2)C1=O. The van der Waals surface area contributed by atoms with Crippen LogP contribution in [0.3, 0.4) is 0 Å². The van der Waals surface area contributed by atoms with Crippen molar-refractivity contribution < 1.29 is 28.7 Å². The van der Waals surface area contributed by atoms with Crippen molar-refractivity contribution >= 4 is 40.9 Å². The third-order valence-electron chi connectivity index (χ3n) is 4.12. The molecule has 1 aliphatic rings. The fourth-order valence-corrected chi connectivity index (χ4v) is 3.49. The molecule has 1 aliphatic heterocycles. The van der Waals surface area contributed by atoms with Gasteiger partial charge in [-0.1, -0.05) is 29.8 Å². The van der Waals surface area contributed by atoms with E-state index in [1.165, 1.54) is 6.08 Å². The van der Waals surface area contributed by atoms with Crippen LogP contribution in [0.15, 0.2) is 53.4 Å². The highest BCUT2D eigenvalue weighted by molar-refractivity contribution is 8.18. The summed E-state index contributed by atoms with van der Waals surface area (Å²) in [6.45, 7) is 3.31. The van der Waals surface area contributed by atoms with E-state index in [-0.39, 0.29) is 11.5 Å². The Kier molecular flexibility index (Phi) is 6.68. The van der Waals surface area contributed by atoms with E-state index in [0.717, 1.165) is 22.2 Å². The maximum absolute atomic E-state index is 12.5. The molecule has 0 aromatic heterocycles. The van der Waals surface area contributed by atoms with Gasteiger partial charge in [0.1, 0.15) is 12.3 Å². The molecule has 0 radical (unpaired) electrons. The molecule has 2 amide bonds. The van der Waals surface area contributed by atoms with Crippen molar-refractivity contribution in [3.8, 4) is 5.75 Å². The van der Waals surface area contributed by atoms with Gasteiger partial charge in [0.2, 0.25) is 0 Å². The number of hydrogen-bond donors (Lipinski definition) is 0. The number of nitrogens with zero attached hydrogens (tertiary/aromatic N) is 1. The number of thioether (sulfide) groups is 1. The number of rotatable bonds is 6. The first kappa shape index (κ1) is 21.3. The highest BCUT2D eigenvalue weighted by atomic mass is 32.2. The maximum Gasteiger partial charge on any atom is 0.343 e. The molecular weight excluding hydrogens is 406 g/mol. The van der Waals surface area contributed by atoms with Crippen molar-refractivity contribution in [2.75, 3.05) is 13.2 Å². The summed E-state index contributed by atoms with van der Waals surface area (Å²) in [6.07, 6.45) is 1.51. The Morgan fingerprint density at radius 3 is 2.53 bits per heavy atom. The van der Waals surface area contributed by atoms with Gasteiger partial charge in [0.25, 0.3) is 11.1 Å². The van der Waals surface area contributed by atoms with Crippen LogP contribution < -0.4 is 4.74 Å². The van der Waals surface area contributed by atoms with Crippen LogP contribution in [0.25, 0.3) is 6.08 Å². The average molecular weight is 425 g/mol. The molecule has 30 heavy (non-hydrogen) atoms. The number of carbonyl (C=O) groups is 4. The Morgan fingerprint density at radius 2 is 1.83 bits per heavy atom. The summed E-state index contributed by atoms with van der Waals surface area (Å²) >= 11 is 0.738. The lowest BCUT2D eigenvalue weighted by molar-refractivity contribution is -0.145. The van der Waals surface area contributed by atoms with E-state index in [4.69, 9.17) is 9.47 Å². The number of ether oxygens (including phenoxy) is 2. The Labute approximate surface area is 177 Å². The van der Waals surface area contributed by atoms with Crippen molar-refractivity contribution in [2.45, 2.75) is 13.8 Å². The molecule has 1 fully saturated rings. The molecule has 154 valence electrons. The summed E-state index contributed by atoms with van der Waals surface area (Å²) in [4.78, 5) is 49.4. The van der Waals surface area contributed by atoms with Crippen molar-refractivity contribution in [3.05, 3.63) is 70.1 Å². The zero-order valence-corrected chi connectivity index (χ0v) is 17.2. The summed E-state index contributed by atoms with van der Waals surface area (Å²) in [5.41, 5.74) is 2.03. The molecule has 0 spiro atoms. The lowest BCUT2D eigenvalue weighted by atomic mass is 10.1. The van der Waals surface area contributed by atoms with Crippen LogP contribution in [0.4, 0.5) is 4.79 Å². The Morgan fingerprint density at radius 1 is 1.10 bits per heavy atom. The topological polar surface area (TPSA) is 90.0 Å². The van der Waals surface area contributed by atoms with E-state index in [2.05, 4.69) is 0 Å². The molecule has 3 rings (SSSR count). The number of carbonyl (C=O) groups excluding carboxylic acids is 4. The van der Waals surface area contributed by atoms with Gasteiger partial charge in [0.05, 0.1) is 17.1 Å². The van der Waals surface area contributed by atoms with Gasteiger partial charge in [-0.3, -0.25) is 19.3 Å². The first-order valence-electron chi connectivity index (χ1n) is 9.17. The van der Waals surface area contributed by atoms with E-state index in [1.54, 1.807) is 43.3 Å². The molecular formula is C22H19NO6S.